The average molecular weight is 575 g/mol. The first-order valence-corrected chi connectivity index (χ1v) is 14.2. The maximum absolute atomic E-state index is 13.9. The van der Waals surface area contributed by atoms with E-state index in [-0.39, 0.29) is 11.6 Å². The first-order valence-electron chi connectivity index (χ1n) is 14.2. The van der Waals surface area contributed by atoms with Gasteiger partial charge in [0.05, 0.1) is 22.5 Å². The molecule has 6 nitrogen and oxygen atoms in total. The fraction of sp³-hybridized carbons (Fsp3) is 0. The molecule has 0 spiro atoms. The van der Waals surface area contributed by atoms with Crippen molar-refractivity contribution >= 4 is 34.3 Å². The molecular weight excluding hydrogens is 548 g/mol. The van der Waals surface area contributed by atoms with Crippen LogP contribution in [0.3, 0.4) is 0 Å². The van der Waals surface area contributed by atoms with Gasteiger partial charge in [0.15, 0.2) is 11.6 Å². The van der Waals surface area contributed by atoms with Gasteiger partial charge in [0.25, 0.3) is 0 Å². The molecule has 0 aliphatic heterocycles. The minimum atomic E-state index is -0.211. The van der Waals surface area contributed by atoms with Gasteiger partial charge in [0.1, 0.15) is 23.0 Å². The molecule has 0 amide bonds. The molecule has 0 heterocycles. The van der Waals surface area contributed by atoms with Crippen molar-refractivity contribution in [1.29, 1.82) is 0 Å². The van der Waals surface area contributed by atoms with Crippen molar-refractivity contribution in [3.63, 3.8) is 0 Å². The Morgan fingerprint density at radius 3 is 1.09 bits per heavy atom. The number of anilines is 4. The zero-order chi connectivity index (χ0) is 29.9. The number of nitrogens with one attached hydrogen (secondary N) is 2. The van der Waals surface area contributed by atoms with Crippen LogP contribution in [0, 0.1) is 0 Å². The van der Waals surface area contributed by atoms with E-state index >= 15 is 0 Å². The number of benzene rings is 6. The van der Waals surface area contributed by atoms with Crippen molar-refractivity contribution < 1.29 is 19.1 Å². The van der Waals surface area contributed by atoms with E-state index in [1.165, 1.54) is 0 Å². The van der Waals surface area contributed by atoms with Crippen LogP contribution in [0.1, 0.15) is 31.8 Å². The van der Waals surface area contributed by atoms with Crippen LogP contribution >= 0.6 is 0 Å². The fourth-order valence-corrected chi connectivity index (χ4v) is 5.20. The average Bonchev–Trinajstić information content (AvgIpc) is 3.07. The maximum Gasteiger partial charge on any atom is 0.196 e. The largest absolute Gasteiger partial charge is 0.457 e. The van der Waals surface area contributed by atoms with E-state index in [0.717, 1.165) is 22.9 Å². The Balaban J connectivity index is 1.19. The smallest absolute Gasteiger partial charge is 0.196 e. The molecule has 0 saturated carbocycles. The van der Waals surface area contributed by atoms with E-state index in [1.807, 2.05) is 121 Å². The highest BCUT2D eigenvalue weighted by Crippen LogP contribution is 2.39. The van der Waals surface area contributed by atoms with Crippen LogP contribution in [0.5, 0.6) is 23.0 Å². The first kappa shape index (κ1) is 26.7. The van der Waals surface area contributed by atoms with Crippen LogP contribution in [0.15, 0.2) is 146 Å². The molecule has 0 bridgehead atoms. The summed E-state index contributed by atoms with van der Waals surface area (Å²) in [6, 6.07) is 44.6. The lowest BCUT2D eigenvalue weighted by Crippen LogP contribution is -2.23. The lowest BCUT2D eigenvalue weighted by atomic mass is 9.82. The first-order chi connectivity index (χ1) is 21.6. The predicted octanol–water partition coefficient (Wildman–Crippen LogP) is 9.53. The van der Waals surface area contributed by atoms with Crippen molar-refractivity contribution in [3.8, 4) is 23.0 Å². The molecule has 1 aliphatic rings. The zero-order valence-corrected chi connectivity index (χ0v) is 23.5. The van der Waals surface area contributed by atoms with Crippen LogP contribution in [0.25, 0.3) is 0 Å². The molecule has 44 heavy (non-hydrogen) atoms. The Labute approximate surface area is 254 Å². The molecular formula is C38H26N2O4. The number of hydrogen-bond acceptors (Lipinski definition) is 6. The highest BCUT2D eigenvalue weighted by Gasteiger charge is 2.34. The second-order valence-corrected chi connectivity index (χ2v) is 10.2. The number of para-hydroxylation sites is 2. The quantitative estimate of drug-likeness (QED) is 0.188. The van der Waals surface area contributed by atoms with Crippen LogP contribution in [0.4, 0.5) is 22.7 Å². The van der Waals surface area contributed by atoms with Crippen molar-refractivity contribution in [2.45, 2.75) is 0 Å². The van der Waals surface area contributed by atoms with E-state index < -0.39 is 0 Å². The number of carbonyl (C=O) groups excluding carboxylic acids is 2. The van der Waals surface area contributed by atoms with Gasteiger partial charge in [-0.05, 0) is 84.9 Å². The van der Waals surface area contributed by atoms with Gasteiger partial charge in [-0.15, -0.1) is 0 Å². The Morgan fingerprint density at radius 1 is 0.364 bits per heavy atom. The second kappa shape index (κ2) is 11.6. The molecule has 212 valence electrons. The maximum atomic E-state index is 13.9. The monoisotopic (exact) mass is 574 g/mol. The molecule has 0 fully saturated rings. The summed E-state index contributed by atoms with van der Waals surface area (Å²) in [5.41, 5.74) is 4.02. The number of ketones is 2. The normalized spacial score (nSPS) is 11.7. The van der Waals surface area contributed by atoms with Gasteiger partial charge in [-0.1, -0.05) is 60.7 Å². The van der Waals surface area contributed by atoms with Crippen LogP contribution < -0.4 is 20.1 Å². The van der Waals surface area contributed by atoms with Gasteiger partial charge < -0.3 is 20.1 Å². The molecule has 6 aromatic carbocycles. The van der Waals surface area contributed by atoms with E-state index in [0.29, 0.717) is 45.1 Å². The molecule has 7 rings (SSSR count). The van der Waals surface area contributed by atoms with Crippen molar-refractivity contribution in [3.05, 3.63) is 168 Å². The fourth-order valence-electron chi connectivity index (χ4n) is 5.20. The topological polar surface area (TPSA) is 76.7 Å². The molecule has 0 saturated heterocycles. The third-order valence-corrected chi connectivity index (χ3v) is 7.30. The van der Waals surface area contributed by atoms with E-state index in [4.69, 9.17) is 9.47 Å². The Kier molecular flexibility index (Phi) is 7.06. The molecule has 0 atom stereocenters. The number of fused-ring (bicyclic) bond motifs is 2. The molecule has 1 aliphatic carbocycles. The molecule has 0 radical (unpaired) electrons. The molecule has 2 N–H and O–H groups in total. The molecule has 0 aromatic heterocycles. The minimum absolute atomic E-state index is 0.211. The summed E-state index contributed by atoms with van der Waals surface area (Å²) < 4.78 is 11.8. The van der Waals surface area contributed by atoms with Gasteiger partial charge >= 0.3 is 0 Å². The molecule has 0 unspecified atom stereocenters. The van der Waals surface area contributed by atoms with E-state index in [9.17, 15) is 9.59 Å². The van der Waals surface area contributed by atoms with Crippen LogP contribution in [-0.2, 0) is 0 Å². The van der Waals surface area contributed by atoms with Gasteiger partial charge in [-0.2, -0.15) is 0 Å². The lowest BCUT2D eigenvalue weighted by Gasteiger charge is -2.24. The zero-order valence-electron chi connectivity index (χ0n) is 23.5. The predicted molar refractivity (Wildman–Crippen MR) is 172 cm³/mol. The standard InChI is InChI=1S/C38H26N2O4/c41-37-31-13-7-8-14-32(31)38(42)36-34(40-26-17-21-30(22-18-26)44-28-11-5-2-6-12-28)24-23-33(35(36)37)39-25-15-19-29(20-16-25)43-27-9-3-1-4-10-27/h1-24,39-40H. The van der Waals surface area contributed by atoms with Gasteiger partial charge in [-0.3, -0.25) is 9.59 Å². The Hall–Kier alpha value is -6.14. The Bertz CT molecular complexity index is 1830. The van der Waals surface area contributed by atoms with Crippen molar-refractivity contribution in [1.82, 2.24) is 0 Å². The second-order valence-electron chi connectivity index (χ2n) is 10.2. The van der Waals surface area contributed by atoms with Gasteiger partial charge in [0, 0.05) is 22.5 Å². The van der Waals surface area contributed by atoms with E-state index in [2.05, 4.69) is 10.6 Å². The number of ether oxygens (including phenoxy) is 2. The summed E-state index contributed by atoms with van der Waals surface area (Å²) in [4.78, 5) is 27.8. The summed E-state index contributed by atoms with van der Waals surface area (Å²) in [5, 5.41) is 6.71. The van der Waals surface area contributed by atoms with Gasteiger partial charge in [0.2, 0.25) is 0 Å². The SMILES string of the molecule is O=C1c2ccccc2C(=O)c2c(Nc3ccc(Oc4ccccc4)cc3)ccc(Nc3ccc(Oc4ccccc4)cc3)c21. The van der Waals surface area contributed by atoms with Crippen LogP contribution in [0.2, 0.25) is 0 Å². The number of hydrogen-bond donors (Lipinski definition) is 2. The minimum Gasteiger partial charge on any atom is -0.457 e. The summed E-state index contributed by atoms with van der Waals surface area (Å²) in [6.45, 7) is 0. The van der Waals surface area contributed by atoms with Crippen molar-refractivity contribution in [2.75, 3.05) is 10.6 Å². The lowest BCUT2D eigenvalue weighted by molar-refractivity contribution is 0.0980. The van der Waals surface area contributed by atoms with E-state index in [1.54, 1.807) is 24.3 Å². The van der Waals surface area contributed by atoms with Crippen molar-refractivity contribution in [2.24, 2.45) is 0 Å². The number of carbonyl (C=O) groups is 2. The summed E-state index contributed by atoms with van der Waals surface area (Å²) in [7, 11) is 0. The third-order valence-electron chi connectivity index (χ3n) is 7.30. The summed E-state index contributed by atoms with van der Waals surface area (Å²) in [6.07, 6.45) is 0. The third kappa shape index (κ3) is 5.40. The molecule has 6 heteroatoms. The van der Waals surface area contributed by atoms with Crippen LogP contribution in [-0.4, -0.2) is 11.6 Å². The highest BCUT2D eigenvalue weighted by atomic mass is 16.5. The molecule has 6 aromatic rings. The van der Waals surface area contributed by atoms with Gasteiger partial charge in [-0.25, -0.2) is 0 Å². The summed E-state index contributed by atoms with van der Waals surface area (Å²) in [5.74, 6) is 2.43. The summed E-state index contributed by atoms with van der Waals surface area (Å²) >= 11 is 0. The Morgan fingerprint density at radius 2 is 0.705 bits per heavy atom. The highest BCUT2D eigenvalue weighted by molar-refractivity contribution is 6.32. The number of rotatable bonds is 8.